The maximum Gasteiger partial charge on any atom is 0.242 e. The summed E-state index contributed by atoms with van der Waals surface area (Å²) in [7, 11) is 3.74. The van der Waals surface area contributed by atoms with Crippen molar-refractivity contribution >= 4 is 35.8 Å². The number of aromatic nitrogens is 3. The van der Waals surface area contributed by atoms with Crippen LogP contribution in [-0.4, -0.2) is 69.7 Å². The molecule has 0 bridgehead atoms. The lowest BCUT2D eigenvalue weighted by Crippen LogP contribution is -2.45. The number of nitrogens with one attached hydrogen (secondary N) is 1. The summed E-state index contributed by atoms with van der Waals surface area (Å²) in [4.78, 5) is 20.3. The number of hydrogen-bond acceptors (Lipinski definition) is 4. The molecule has 1 amide bonds. The van der Waals surface area contributed by atoms with E-state index in [4.69, 9.17) is 0 Å². The number of amides is 1. The molecule has 0 unspecified atom stereocenters. The van der Waals surface area contributed by atoms with E-state index in [1.165, 1.54) is 0 Å². The average Bonchev–Trinajstić information content (AvgIpc) is 2.90. The summed E-state index contributed by atoms with van der Waals surface area (Å²) in [5.41, 5.74) is 0. The zero-order valence-corrected chi connectivity index (χ0v) is 16.9. The molecule has 9 heteroatoms. The molecule has 0 aliphatic heterocycles. The first kappa shape index (κ1) is 21.6. The van der Waals surface area contributed by atoms with Crippen LogP contribution in [0.3, 0.4) is 0 Å². The molecule has 23 heavy (non-hydrogen) atoms. The lowest BCUT2D eigenvalue weighted by molar-refractivity contribution is -0.131. The third-order valence-corrected chi connectivity index (χ3v) is 3.36. The van der Waals surface area contributed by atoms with Gasteiger partial charge in [-0.25, -0.2) is 4.99 Å². The standard InChI is InChI=1S/C14H27N7O.HI/c1-6-15-14(16-9-12-18-17-11-20(12)5)19(4)10-13(22)21(7-2)8-3;/h11H,6-10H2,1-5H3,(H,15,16);1H. The molecule has 1 aromatic rings. The minimum absolute atomic E-state index is 0. The second-order valence-electron chi connectivity index (χ2n) is 4.95. The summed E-state index contributed by atoms with van der Waals surface area (Å²) in [5.74, 6) is 1.56. The molecule has 0 radical (unpaired) electrons. The van der Waals surface area contributed by atoms with E-state index < -0.39 is 0 Å². The number of guanidine groups is 1. The molecule has 8 nitrogen and oxygen atoms in total. The Morgan fingerprint density at radius 2 is 2.00 bits per heavy atom. The first-order chi connectivity index (χ1) is 10.5. The van der Waals surface area contributed by atoms with Gasteiger partial charge in [0.1, 0.15) is 12.9 Å². The van der Waals surface area contributed by atoms with E-state index in [0.717, 1.165) is 25.5 Å². The van der Waals surface area contributed by atoms with E-state index in [9.17, 15) is 4.79 Å². The van der Waals surface area contributed by atoms with Crippen LogP contribution in [0.4, 0.5) is 0 Å². The molecule has 1 heterocycles. The number of carbonyl (C=O) groups is 1. The van der Waals surface area contributed by atoms with Gasteiger partial charge in [-0.1, -0.05) is 0 Å². The van der Waals surface area contributed by atoms with Crippen molar-refractivity contribution in [1.29, 1.82) is 0 Å². The Morgan fingerprint density at radius 3 is 2.48 bits per heavy atom. The van der Waals surface area contributed by atoms with E-state index in [0.29, 0.717) is 19.0 Å². The van der Waals surface area contributed by atoms with Crippen molar-refractivity contribution in [3.05, 3.63) is 12.2 Å². The van der Waals surface area contributed by atoms with Crippen molar-refractivity contribution in [1.82, 2.24) is 29.9 Å². The smallest absolute Gasteiger partial charge is 0.242 e. The van der Waals surface area contributed by atoms with E-state index in [1.54, 1.807) is 6.33 Å². The van der Waals surface area contributed by atoms with E-state index in [1.807, 2.05) is 49.2 Å². The van der Waals surface area contributed by atoms with Crippen molar-refractivity contribution in [3.63, 3.8) is 0 Å². The molecule has 1 rings (SSSR count). The van der Waals surface area contributed by atoms with E-state index in [-0.39, 0.29) is 29.9 Å². The minimum Gasteiger partial charge on any atom is -0.357 e. The van der Waals surface area contributed by atoms with Crippen LogP contribution in [0.1, 0.15) is 26.6 Å². The SMILES string of the molecule is CCNC(=NCc1nncn1C)N(C)CC(=O)N(CC)CC.I. The number of carbonyl (C=O) groups excluding carboxylic acids is 1. The molecule has 0 saturated carbocycles. The van der Waals surface area contributed by atoms with Crippen LogP contribution >= 0.6 is 24.0 Å². The van der Waals surface area contributed by atoms with Gasteiger partial charge < -0.3 is 19.7 Å². The van der Waals surface area contributed by atoms with Gasteiger partial charge in [0.05, 0.1) is 6.54 Å². The number of aryl methyl sites for hydroxylation is 1. The maximum atomic E-state index is 12.2. The van der Waals surface area contributed by atoms with Crippen molar-refractivity contribution in [2.75, 3.05) is 33.2 Å². The summed E-state index contributed by atoms with van der Waals surface area (Å²) in [6.45, 7) is 8.85. The lowest BCUT2D eigenvalue weighted by Gasteiger charge is -2.25. The van der Waals surface area contributed by atoms with Gasteiger partial charge in [-0.15, -0.1) is 34.2 Å². The highest BCUT2D eigenvalue weighted by Gasteiger charge is 2.15. The largest absolute Gasteiger partial charge is 0.357 e. The fourth-order valence-corrected chi connectivity index (χ4v) is 2.02. The second-order valence-corrected chi connectivity index (χ2v) is 4.95. The number of nitrogens with zero attached hydrogens (tertiary/aromatic N) is 6. The molecule has 0 aliphatic carbocycles. The monoisotopic (exact) mass is 437 g/mol. The Hall–Kier alpha value is -1.39. The lowest BCUT2D eigenvalue weighted by atomic mass is 10.4. The maximum absolute atomic E-state index is 12.2. The minimum atomic E-state index is 0. The molecule has 132 valence electrons. The first-order valence-corrected chi connectivity index (χ1v) is 7.63. The molecular formula is C14H28IN7O. The quantitative estimate of drug-likeness (QED) is 0.386. The van der Waals surface area contributed by atoms with Crippen LogP contribution in [-0.2, 0) is 18.4 Å². The molecule has 0 aliphatic rings. The predicted molar refractivity (Wildman–Crippen MR) is 102 cm³/mol. The Morgan fingerprint density at radius 1 is 1.35 bits per heavy atom. The third kappa shape index (κ3) is 6.71. The van der Waals surface area contributed by atoms with Crippen molar-refractivity contribution in [3.8, 4) is 0 Å². The third-order valence-electron chi connectivity index (χ3n) is 3.36. The summed E-state index contributed by atoms with van der Waals surface area (Å²) in [6, 6.07) is 0. The van der Waals surface area contributed by atoms with E-state index >= 15 is 0 Å². The van der Waals surface area contributed by atoms with Gasteiger partial charge in [0, 0.05) is 33.7 Å². The summed E-state index contributed by atoms with van der Waals surface area (Å²) >= 11 is 0. The van der Waals surface area contributed by atoms with Crippen molar-refractivity contribution in [2.24, 2.45) is 12.0 Å². The highest BCUT2D eigenvalue weighted by Crippen LogP contribution is 1.98. The normalized spacial score (nSPS) is 10.9. The van der Waals surface area contributed by atoms with Gasteiger partial charge in [-0.2, -0.15) is 0 Å². The number of rotatable bonds is 7. The van der Waals surface area contributed by atoms with Crippen LogP contribution in [0.2, 0.25) is 0 Å². The van der Waals surface area contributed by atoms with Gasteiger partial charge in [-0.05, 0) is 20.8 Å². The number of halogens is 1. The number of aliphatic imine (C=N–C) groups is 1. The first-order valence-electron chi connectivity index (χ1n) is 7.63. The molecule has 0 saturated heterocycles. The molecule has 0 fully saturated rings. The highest BCUT2D eigenvalue weighted by atomic mass is 127. The number of hydrogen-bond donors (Lipinski definition) is 1. The Bertz CT molecular complexity index is 499. The molecule has 0 atom stereocenters. The average molecular weight is 437 g/mol. The van der Waals surface area contributed by atoms with Crippen LogP contribution in [0, 0.1) is 0 Å². The number of likely N-dealkylation sites (N-methyl/N-ethyl adjacent to an activating group) is 2. The van der Waals surface area contributed by atoms with Gasteiger partial charge in [0.25, 0.3) is 0 Å². The van der Waals surface area contributed by atoms with Crippen LogP contribution in [0.5, 0.6) is 0 Å². The fourth-order valence-electron chi connectivity index (χ4n) is 2.02. The fraction of sp³-hybridized carbons (Fsp3) is 0.714. The molecule has 1 aromatic heterocycles. The molecular weight excluding hydrogens is 409 g/mol. The summed E-state index contributed by atoms with van der Waals surface area (Å²) in [6.07, 6.45) is 1.64. The molecule has 1 N–H and O–H groups in total. The predicted octanol–water partition coefficient (Wildman–Crippen LogP) is 0.699. The van der Waals surface area contributed by atoms with Crippen LogP contribution in [0.15, 0.2) is 11.3 Å². The van der Waals surface area contributed by atoms with Gasteiger partial charge in [0.15, 0.2) is 11.8 Å². The van der Waals surface area contributed by atoms with Crippen molar-refractivity contribution in [2.45, 2.75) is 27.3 Å². The zero-order valence-electron chi connectivity index (χ0n) is 14.6. The van der Waals surface area contributed by atoms with Gasteiger partial charge >= 0.3 is 0 Å². The van der Waals surface area contributed by atoms with Crippen molar-refractivity contribution < 1.29 is 4.79 Å². The zero-order chi connectivity index (χ0) is 16.5. The highest BCUT2D eigenvalue weighted by molar-refractivity contribution is 14.0. The van der Waals surface area contributed by atoms with E-state index in [2.05, 4.69) is 20.5 Å². The Balaban J connectivity index is 0.00000484. The molecule has 0 spiro atoms. The van der Waals surface area contributed by atoms with Gasteiger partial charge in [-0.3, -0.25) is 4.79 Å². The Kier molecular flexibility index (Phi) is 10.5. The second kappa shape index (κ2) is 11.2. The topological polar surface area (TPSA) is 78.6 Å². The van der Waals surface area contributed by atoms with Gasteiger partial charge in [0.2, 0.25) is 5.91 Å². The van der Waals surface area contributed by atoms with Crippen LogP contribution < -0.4 is 5.32 Å². The van der Waals surface area contributed by atoms with Crippen LogP contribution in [0.25, 0.3) is 0 Å². The Labute approximate surface area is 155 Å². The molecule has 0 aromatic carbocycles. The summed E-state index contributed by atoms with van der Waals surface area (Å²) in [5, 5.41) is 11.0. The summed E-state index contributed by atoms with van der Waals surface area (Å²) < 4.78 is 1.83.